The zero-order valence-corrected chi connectivity index (χ0v) is 13.6. The Morgan fingerprint density at radius 3 is 2.62 bits per heavy atom. The van der Waals surface area contributed by atoms with Crippen molar-refractivity contribution >= 4 is 10.0 Å². The smallest absolute Gasteiger partial charge is 0.247 e. The van der Waals surface area contributed by atoms with Crippen LogP contribution in [0.3, 0.4) is 0 Å². The van der Waals surface area contributed by atoms with Crippen LogP contribution >= 0.6 is 0 Å². The van der Waals surface area contributed by atoms with E-state index in [1.165, 1.54) is 0 Å². The van der Waals surface area contributed by atoms with E-state index in [1.54, 1.807) is 18.2 Å². The molecule has 2 unspecified atom stereocenters. The van der Waals surface area contributed by atoms with E-state index < -0.39 is 10.0 Å². The molecule has 2 N–H and O–H groups in total. The summed E-state index contributed by atoms with van der Waals surface area (Å²) in [5, 5.41) is 0. The fourth-order valence-electron chi connectivity index (χ4n) is 4.11. The Balaban J connectivity index is 2.04. The summed E-state index contributed by atoms with van der Waals surface area (Å²) in [5.74, 6) is 1.62. The third-order valence-corrected chi connectivity index (χ3v) is 7.16. The molecule has 1 saturated heterocycles. The highest BCUT2D eigenvalue weighted by molar-refractivity contribution is 7.89. The standard InChI is InChI=1S/C15H24N2O3S/c1-10-13(9-16)15(11(2)20-10)21(18,19)17-8-4-6-12-5-3-7-14(12)17/h12,14H,3-9,16H2,1-2H3. The number of nitrogens with two attached hydrogens (primary N) is 1. The van der Waals surface area contributed by atoms with Crippen LogP contribution in [0.4, 0.5) is 0 Å². The van der Waals surface area contributed by atoms with Crippen molar-refractivity contribution in [2.45, 2.75) is 63.4 Å². The molecule has 0 amide bonds. The Morgan fingerprint density at radius 2 is 1.90 bits per heavy atom. The second-order valence-electron chi connectivity index (χ2n) is 6.24. The summed E-state index contributed by atoms with van der Waals surface area (Å²) in [6, 6.07) is 0.170. The molecule has 0 aromatic carbocycles. The van der Waals surface area contributed by atoms with Crippen molar-refractivity contribution in [2.75, 3.05) is 6.54 Å². The molecular formula is C15H24N2O3S. The van der Waals surface area contributed by atoms with Gasteiger partial charge in [0, 0.05) is 24.7 Å². The third-order valence-electron chi connectivity index (χ3n) is 5.04. The normalized spacial score (nSPS) is 27.0. The van der Waals surface area contributed by atoms with Crippen LogP contribution in [0.1, 0.15) is 49.2 Å². The van der Waals surface area contributed by atoms with Gasteiger partial charge in [0.1, 0.15) is 16.4 Å². The Bertz CT molecular complexity index is 636. The van der Waals surface area contributed by atoms with Crippen LogP contribution in [0, 0.1) is 19.8 Å². The van der Waals surface area contributed by atoms with Gasteiger partial charge >= 0.3 is 0 Å². The van der Waals surface area contributed by atoms with Gasteiger partial charge in [-0.25, -0.2) is 8.42 Å². The lowest BCUT2D eigenvalue weighted by Crippen LogP contribution is -2.46. The largest absolute Gasteiger partial charge is 0.465 e. The van der Waals surface area contributed by atoms with Gasteiger partial charge in [-0.15, -0.1) is 0 Å². The highest BCUT2D eigenvalue weighted by Gasteiger charge is 2.43. The fraction of sp³-hybridized carbons (Fsp3) is 0.733. The summed E-state index contributed by atoms with van der Waals surface area (Å²) < 4.78 is 33.6. The molecule has 2 heterocycles. The van der Waals surface area contributed by atoms with Crippen molar-refractivity contribution in [3.63, 3.8) is 0 Å². The molecule has 1 aliphatic carbocycles. The first-order chi connectivity index (χ1) is 9.96. The van der Waals surface area contributed by atoms with E-state index >= 15 is 0 Å². The molecule has 2 fully saturated rings. The summed E-state index contributed by atoms with van der Waals surface area (Å²) in [6.45, 7) is 4.31. The molecule has 21 heavy (non-hydrogen) atoms. The van der Waals surface area contributed by atoms with Gasteiger partial charge in [0.2, 0.25) is 10.0 Å². The minimum Gasteiger partial charge on any atom is -0.465 e. The maximum Gasteiger partial charge on any atom is 0.247 e. The van der Waals surface area contributed by atoms with E-state index in [0.29, 0.717) is 34.4 Å². The highest BCUT2D eigenvalue weighted by atomic mass is 32.2. The zero-order chi connectivity index (χ0) is 15.2. The summed E-state index contributed by atoms with van der Waals surface area (Å²) in [7, 11) is -3.51. The van der Waals surface area contributed by atoms with Crippen molar-refractivity contribution in [2.24, 2.45) is 11.7 Å². The lowest BCUT2D eigenvalue weighted by atomic mass is 9.94. The molecule has 0 bridgehead atoms. The molecule has 2 atom stereocenters. The first-order valence-corrected chi connectivity index (χ1v) is 9.21. The average molecular weight is 312 g/mol. The van der Waals surface area contributed by atoms with Gasteiger partial charge in [-0.2, -0.15) is 4.31 Å². The zero-order valence-electron chi connectivity index (χ0n) is 12.8. The van der Waals surface area contributed by atoms with E-state index in [2.05, 4.69) is 0 Å². The van der Waals surface area contributed by atoms with Crippen LogP contribution in [0.15, 0.2) is 9.31 Å². The first kappa shape index (κ1) is 15.1. The first-order valence-electron chi connectivity index (χ1n) is 7.77. The van der Waals surface area contributed by atoms with Crippen molar-refractivity contribution < 1.29 is 12.8 Å². The molecule has 3 rings (SSSR count). The van der Waals surface area contributed by atoms with Gasteiger partial charge < -0.3 is 10.2 Å². The maximum atomic E-state index is 13.2. The van der Waals surface area contributed by atoms with Gasteiger partial charge in [-0.05, 0) is 45.4 Å². The minimum atomic E-state index is -3.51. The lowest BCUT2D eigenvalue weighted by molar-refractivity contribution is 0.202. The van der Waals surface area contributed by atoms with E-state index in [1.807, 2.05) is 0 Å². The number of hydrogen-bond acceptors (Lipinski definition) is 4. The topological polar surface area (TPSA) is 76.5 Å². The SMILES string of the molecule is Cc1oc(C)c(S(=O)(=O)N2CCCC3CCCC32)c1CN. The highest BCUT2D eigenvalue weighted by Crippen LogP contribution is 2.40. The van der Waals surface area contributed by atoms with E-state index in [9.17, 15) is 8.42 Å². The van der Waals surface area contributed by atoms with Crippen molar-refractivity contribution in [1.29, 1.82) is 0 Å². The number of fused-ring (bicyclic) bond motifs is 1. The quantitative estimate of drug-likeness (QED) is 0.929. The van der Waals surface area contributed by atoms with Crippen LogP contribution in [0.25, 0.3) is 0 Å². The minimum absolute atomic E-state index is 0.170. The second-order valence-corrected chi connectivity index (χ2v) is 8.07. The van der Waals surface area contributed by atoms with Crippen LogP contribution in [-0.2, 0) is 16.6 Å². The molecule has 2 aliphatic rings. The third kappa shape index (κ3) is 2.33. The van der Waals surface area contributed by atoms with E-state index in [0.717, 1.165) is 32.1 Å². The Hall–Kier alpha value is -0.850. The average Bonchev–Trinajstić information content (AvgIpc) is 3.01. The molecule has 6 heteroatoms. The number of hydrogen-bond donors (Lipinski definition) is 1. The fourth-order valence-corrected chi connectivity index (χ4v) is 6.29. The molecule has 1 aromatic heterocycles. The van der Waals surface area contributed by atoms with Gasteiger partial charge in [-0.1, -0.05) is 6.42 Å². The van der Waals surface area contributed by atoms with Crippen LogP contribution < -0.4 is 5.73 Å². The lowest BCUT2D eigenvalue weighted by Gasteiger charge is -2.36. The van der Waals surface area contributed by atoms with Gasteiger partial charge in [-0.3, -0.25) is 0 Å². The van der Waals surface area contributed by atoms with Gasteiger partial charge in [0.15, 0.2) is 0 Å². The monoisotopic (exact) mass is 312 g/mol. The molecule has 118 valence electrons. The van der Waals surface area contributed by atoms with Gasteiger partial charge in [0.25, 0.3) is 0 Å². The predicted molar refractivity (Wildman–Crippen MR) is 80.3 cm³/mol. The number of sulfonamides is 1. The summed E-state index contributed by atoms with van der Waals surface area (Å²) in [5.41, 5.74) is 6.39. The van der Waals surface area contributed by atoms with Crippen molar-refractivity contribution in [3.8, 4) is 0 Å². The van der Waals surface area contributed by atoms with Crippen LogP contribution in [-0.4, -0.2) is 25.3 Å². The summed E-state index contributed by atoms with van der Waals surface area (Å²) in [4.78, 5) is 0.315. The molecule has 1 aromatic rings. The molecule has 1 aliphatic heterocycles. The van der Waals surface area contributed by atoms with E-state index in [4.69, 9.17) is 10.2 Å². The maximum absolute atomic E-state index is 13.2. The molecular weight excluding hydrogens is 288 g/mol. The molecule has 1 saturated carbocycles. The molecule has 5 nitrogen and oxygen atoms in total. The number of furan rings is 1. The van der Waals surface area contributed by atoms with E-state index in [-0.39, 0.29) is 12.6 Å². The van der Waals surface area contributed by atoms with Crippen molar-refractivity contribution in [1.82, 2.24) is 4.31 Å². The van der Waals surface area contributed by atoms with Crippen molar-refractivity contribution in [3.05, 3.63) is 17.1 Å². The van der Waals surface area contributed by atoms with Crippen LogP contribution in [0.5, 0.6) is 0 Å². The number of nitrogens with zero attached hydrogens (tertiary/aromatic N) is 1. The molecule has 0 radical (unpaired) electrons. The molecule has 0 spiro atoms. The summed E-state index contributed by atoms with van der Waals surface area (Å²) >= 11 is 0. The Kier molecular flexibility index (Phi) is 3.88. The van der Waals surface area contributed by atoms with Gasteiger partial charge in [0.05, 0.1) is 0 Å². The summed E-state index contributed by atoms with van der Waals surface area (Å²) in [6.07, 6.45) is 5.38. The predicted octanol–water partition coefficient (Wildman–Crippen LogP) is 2.31. The second kappa shape index (κ2) is 5.41. The Labute approximate surface area is 126 Å². The number of piperidine rings is 1. The Morgan fingerprint density at radius 1 is 1.19 bits per heavy atom. The number of rotatable bonds is 3. The van der Waals surface area contributed by atoms with Crippen LogP contribution in [0.2, 0.25) is 0 Å². The number of aryl methyl sites for hydroxylation is 2.